The summed E-state index contributed by atoms with van der Waals surface area (Å²) in [6, 6.07) is 5.89. The predicted octanol–water partition coefficient (Wildman–Crippen LogP) is 1.26. The molecule has 5 nitrogen and oxygen atoms in total. The molecule has 0 amide bonds. The van der Waals surface area contributed by atoms with Crippen molar-refractivity contribution >= 4 is 23.7 Å². The molecule has 5 N–H and O–H groups in total. The average molecular weight is 266 g/mol. The SMILES string of the molecule is Nc1c(N)n(Cc2ccc(F)cc2)c(=S)[nH]c1=O. The van der Waals surface area contributed by atoms with Gasteiger partial charge in [-0.15, -0.1) is 0 Å². The van der Waals surface area contributed by atoms with Crippen molar-refractivity contribution in [1.29, 1.82) is 0 Å². The van der Waals surface area contributed by atoms with Crippen LogP contribution in [0.3, 0.4) is 0 Å². The number of nitrogen functional groups attached to an aromatic ring is 2. The minimum atomic E-state index is -0.507. The third-order valence-corrected chi connectivity index (χ3v) is 2.85. The Labute approximate surface area is 107 Å². The molecule has 2 aromatic rings. The lowest BCUT2D eigenvalue weighted by atomic mass is 10.2. The van der Waals surface area contributed by atoms with Gasteiger partial charge in [0.2, 0.25) is 0 Å². The van der Waals surface area contributed by atoms with Crippen molar-refractivity contribution in [2.45, 2.75) is 6.54 Å². The second-order valence-electron chi connectivity index (χ2n) is 3.77. The maximum Gasteiger partial charge on any atom is 0.277 e. The van der Waals surface area contributed by atoms with Crippen LogP contribution in [0, 0.1) is 10.6 Å². The lowest BCUT2D eigenvalue weighted by Gasteiger charge is -2.11. The van der Waals surface area contributed by atoms with Crippen LogP contribution in [-0.4, -0.2) is 9.55 Å². The predicted molar refractivity (Wildman–Crippen MR) is 70.2 cm³/mol. The highest BCUT2D eigenvalue weighted by atomic mass is 32.1. The molecule has 7 heteroatoms. The van der Waals surface area contributed by atoms with Crippen LogP contribution >= 0.6 is 12.2 Å². The molecule has 0 bridgehead atoms. The summed E-state index contributed by atoms with van der Waals surface area (Å²) in [6.45, 7) is 0.311. The Morgan fingerprint density at radius 1 is 1.28 bits per heavy atom. The van der Waals surface area contributed by atoms with Crippen molar-refractivity contribution in [1.82, 2.24) is 9.55 Å². The van der Waals surface area contributed by atoms with Crippen molar-refractivity contribution in [2.24, 2.45) is 0 Å². The first-order valence-electron chi connectivity index (χ1n) is 5.11. The third-order valence-electron chi connectivity index (χ3n) is 2.53. The molecule has 0 saturated carbocycles. The molecule has 0 atom stereocenters. The maximum atomic E-state index is 12.8. The van der Waals surface area contributed by atoms with Gasteiger partial charge < -0.3 is 11.5 Å². The lowest BCUT2D eigenvalue weighted by Crippen LogP contribution is -2.21. The molecule has 0 saturated heterocycles. The van der Waals surface area contributed by atoms with Crippen LogP contribution in [0.4, 0.5) is 15.9 Å². The van der Waals surface area contributed by atoms with Crippen LogP contribution in [0.1, 0.15) is 5.56 Å². The van der Waals surface area contributed by atoms with E-state index in [1.165, 1.54) is 16.7 Å². The second-order valence-corrected chi connectivity index (χ2v) is 4.16. The summed E-state index contributed by atoms with van der Waals surface area (Å²) in [6.07, 6.45) is 0. The molecule has 18 heavy (non-hydrogen) atoms. The Morgan fingerprint density at radius 3 is 2.50 bits per heavy atom. The first-order valence-corrected chi connectivity index (χ1v) is 5.52. The monoisotopic (exact) mass is 266 g/mol. The number of H-pyrrole nitrogens is 1. The normalized spacial score (nSPS) is 10.5. The van der Waals surface area contributed by atoms with Crippen molar-refractivity contribution in [2.75, 3.05) is 11.5 Å². The van der Waals surface area contributed by atoms with Gasteiger partial charge in [0.1, 0.15) is 17.3 Å². The van der Waals surface area contributed by atoms with Gasteiger partial charge in [-0.1, -0.05) is 12.1 Å². The number of halogens is 1. The van der Waals surface area contributed by atoms with Gasteiger partial charge in [0.25, 0.3) is 5.56 Å². The third kappa shape index (κ3) is 2.25. The number of nitrogens with two attached hydrogens (primary N) is 2. The minimum Gasteiger partial charge on any atom is -0.391 e. The first kappa shape index (κ1) is 12.3. The molecular formula is C11H11FN4OS. The molecule has 94 valence electrons. The Morgan fingerprint density at radius 2 is 1.89 bits per heavy atom. The largest absolute Gasteiger partial charge is 0.391 e. The number of nitrogens with zero attached hydrogens (tertiary/aromatic N) is 1. The van der Waals surface area contributed by atoms with Gasteiger partial charge in [-0.05, 0) is 29.9 Å². The number of nitrogens with one attached hydrogen (secondary N) is 1. The fraction of sp³-hybridized carbons (Fsp3) is 0.0909. The Hall–Kier alpha value is -2.15. The lowest BCUT2D eigenvalue weighted by molar-refractivity contribution is 0.626. The molecule has 0 unspecified atom stereocenters. The number of anilines is 2. The fourth-order valence-corrected chi connectivity index (χ4v) is 1.79. The topological polar surface area (TPSA) is 89.8 Å². The summed E-state index contributed by atoms with van der Waals surface area (Å²) in [5.74, 6) is -0.218. The van der Waals surface area contributed by atoms with Gasteiger partial charge >= 0.3 is 0 Å². The summed E-state index contributed by atoms with van der Waals surface area (Å²) >= 11 is 5.01. The van der Waals surface area contributed by atoms with Gasteiger partial charge in [-0.3, -0.25) is 14.3 Å². The Kier molecular flexibility index (Phi) is 3.15. The summed E-state index contributed by atoms with van der Waals surface area (Å²) < 4.78 is 14.4. The molecular weight excluding hydrogens is 255 g/mol. The molecule has 1 aromatic carbocycles. The van der Waals surface area contributed by atoms with E-state index in [1.54, 1.807) is 12.1 Å². The highest BCUT2D eigenvalue weighted by Crippen LogP contribution is 2.12. The highest BCUT2D eigenvalue weighted by molar-refractivity contribution is 7.71. The van der Waals surface area contributed by atoms with E-state index in [9.17, 15) is 9.18 Å². The molecule has 0 aliphatic heterocycles. The van der Waals surface area contributed by atoms with Gasteiger partial charge in [0.15, 0.2) is 4.77 Å². The summed E-state index contributed by atoms with van der Waals surface area (Å²) in [7, 11) is 0. The van der Waals surface area contributed by atoms with E-state index in [1.807, 2.05) is 0 Å². The fourth-order valence-electron chi connectivity index (χ4n) is 1.53. The summed E-state index contributed by atoms with van der Waals surface area (Å²) in [5.41, 5.74) is 11.5. The standard InChI is InChI=1S/C11H11FN4OS/c12-7-3-1-6(2-4-7)5-16-9(14)8(13)10(17)15-11(16)18/h1-4H,5,13-14H2,(H,15,17,18). The number of rotatable bonds is 2. The zero-order valence-electron chi connectivity index (χ0n) is 9.31. The number of hydrogen-bond acceptors (Lipinski definition) is 4. The van der Waals surface area contributed by atoms with E-state index in [0.717, 1.165) is 5.56 Å². The number of aromatic amines is 1. The average Bonchev–Trinajstić information content (AvgIpc) is 2.34. The quantitative estimate of drug-likeness (QED) is 0.714. The molecule has 1 aromatic heterocycles. The Bertz CT molecular complexity index is 690. The van der Waals surface area contributed by atoms with Crippen LogP contribution in [0.2, 0.25) is 0 Å². The number of hydrogen-bond donors (Lipinski definition) is 3. The smallest absolute Gasteiger partial charge is 0.277 e. The molecule has 0 aliphatic rings. The van der Waals surface area contributed by atoms with Crippen molar-refractivity contribution in [3.05, 3.63) is 50.8 Å². The zero-order chi connectivity index (χ0) is 13.3. The van der Waals surface area contributed by atoms with E-state index >= 15 is 0 Å². The van der Waals surface area contributed by atoms with Crippen molar-refractivity contribution < 1.29 is 4.39 Å². The number of benzene rings is 1. The second kappa shape index (κ2) is 4.61. The highest BCUT2D eigenvalue weighted by Gasteiger charge is 2.07. The van der Waals surface area contributed by atoms with Crippen LogP contribution in [0.5, 0.6) is 0 Å². The summed E-state index contributed by atoms with van der Waals surface area (Å²) in [5, 5.41) is 0. The summed E-state index contributed by atoms with van der Waals surface area (Å²) in [4.78, 5) is 13.7. The van der Waals surface area contributed by atoms with Crippen LogP contribution in [0.25, 0.3) is 0 Å². The number of aromatic nitrogens is 2. The van der Waals surface area contributed by atoms with Crippen LogP contribution < -0.4 is 17.0 Å². The molecule has 1 heterocycles. The van der Waals surface area contributed by atoms with Gasteiger partial charge in [-0.2, -0.15) is 0 Å². The first-order chi connectivity index (χ1) is 8.49. The van der Waals surface area contributed by atoms with Crippen molar-refractivity contribution in [3.8, 4) is 0 Å². The maximum absolute atomic E-state index is 12.8. The van der Waals surface area contributed by atoms with E-state index < -0.39 is 5.56 Å². The molecule has 0 spiro atoms. The van der Waals surface area contributed by atoms with E-state index in [2.05, 4.69) is 4.98 Å². The van der Waals surface area contributed by atoms with Gasteiger partial charge in [0.05, 0.1) is 6.54 Å². The molecule has 0 aliphatic carbocycles. The van der Waals surface area contributed by atoms with Gasteiger partial charge in [0, 0.05) is 0 Å². The molecule has 2 rings (SSSR count). The Balaban J connectivity index is 2.47. The minimum absolute atomic E-state index is 0.0780. The van der Waals surface area contributed by atoms with Gasteiger partial charge in [-0.25, -0.2) is 4.39 Å². The molecule has 0 fully saturated rings. The van der Waals surface area contributed by atoms with Crippen LogP contribution in [0.15, 0.2) is 29.1 Å². The van der Waals surface area contributed by atoms with E-state index in [0.29, 0.717) is 6.54 Å². The van der Waals surface area contributed by atoms with Crippen LogP contribution in [-0.2, 0) is 6.54 Å². The molecule has 0 radical (unpaired) electrons. The van der Waals surface area contributed by atoms with E-state index in [4.69, 9.17) is 23.7 Å². The van der Waals surface area contributed by atoms with E-state index in [-0.39, 0.29) is 22.1 Å². The zero-order valence-corrected chi connectivity index (χ0v) is 10.1. The van der Waals surface area contributed by atoms with Crippen molar-refractivity contribution in [3.63, 3.8) is 0 Å².